The van der Waals surface area contributed by atoms with Gasteiger partial charge in [0.25, 0.3) is 15.0 Å². The van der Waals surface area contributed by atoms with Crippen molar-refractivity contribution < 1.29 is 65.7 Å². The molecule has 15 nitrogen and oxygen atoms in total. The van der Waals surface area contributed by atoms with E-state index in [0.29, 0.717) is 36.3 Å². The van der Waals surface area contributed by atoms with E-state index in [1.807, 2.05) is 0 Å². The lowest BCUT2D eigenvalue weighted by Crippen LogP contribution is -2.44. The second kappa shape index (κ2) is 9.53. The molecule has 2 aliphatic heterocycles. The second-order valence-electron chi connectivity index (χ2n) is 9.09. The number of hydrogen-bond acceptors (Lipinski definition) is 10. The number of nitrogens with one attached hydrogen (secondary N) is 1. The molecule has 2 aromatic rings. The van der Waals surface area contributed by atoms with E-state index >= 15 is 0 Å². The molecule has 6 N–H and O–H groups in total. The van der Waals surface area contributed by atoms with Crippen LogP contribution in [-0.2, 0) is 38.5 Å². The van der Waals surface area contributed by atoms with Gasteiger partial charge in [0.15, 0.2) is 6.23 Å². The fourth-order valence-corrected chi connectivity index (χ4v) is 8.47. The number of carbonyl (C=O) groups excluding carboxylic acids is 1. The van der Waals surface area contributed by atoms with Gasteiger partial charge in [0.1, 0.15) is 23.5 Å². The number of hydrogen-bond donors (Lipinski definition) is 6. The van der Waals surface area contributed by atoms with Crippen LogP contribution in [0.15, 0.2) is 18.5 Å². The number of ether oxygens (including phenoxy) is 1. The number of anilines is 1. The maximum atomic E-state index is 13.7. The molecule has 6 atom stereocenters. The molecule has 0 aromatic carbocycles. The largest absolute Gasteiger partial charge is 0.444 e. The van der Waals surface area contributed by atoms with E-state index in [-0.39, 0.29) is 12.3 Å². The molecule has 2 unspecified atom stereocenters. The minimum atomic E-state index is -6.52. The predicted octanol–water partition coefficient (Wildman–Crippen LogP) is 0.618. The van der Waals surface area contributed by atoms with Crippen LogP contribution in [0.4, 0.5) is 14.5 Å². The number of amides is 1. The Balaban J connectivity index is 1.56. The number of aromatic nitrogens is 2. The Morgan fingerprint density at radius 3 is 2.61 bits per heavy atom. The highest BCUT2D eigenvalue weighted by molar-refractivity contribution is 7.86. The van der Waals surface area contributed by atoms with Crippen LogP contribution < -0.4 is 5.32 Å². The topological polar surface area (TPSA) is 227 Å². The van der Waals surface area contributed by atoms with E-state index in [2.05, 4.69) is 14.6 Å². The van der Waals surface area contributed by atoms with Gasteiger partial charge in [-0.05, 0) is 25.0 Å². The first-order valence-corrected chi connectivity index (χ1v) is 16.0. The molecule has 4 rings (SSSR count). The Morgan fingerprint density at radius 1 is 1.32 bits per heavy atom. The van der Waals surface area contributed by atoms with Crippen molar-refractivity contribution in [3.63, 3.8) is 0 Å². The van der Waals surface area contributed by atoms with Crippen molar-refractivity contribution in [2.45, 2.75) is 49.2 Å². The summed E-state index contributed by atoms with van der Waals surface area (Å²) in [5.74, 6) is -0.200. The van der Waals surface area contributed by atoms with Crippen molar-refractivity contribution in [3.8, 4) is 0 Å². The molecule has 21 heteroatoms. The van der Waals surface area contributed by atoms with Crippen LogP contribution in [0.5, 0.6) is 0 Å². The van der Waals surface area contributed by atoms with E-state index in [9.17, 15) is 42.4 Å². The number of rotatable bonds is 8. The van der Waals surface area contributed by atoms with Crippen LogP contribution in [-0.4, -0.2) is 77.7 Å². The Bertz CT molecular complexity index is 1430. The van der Waals surface area contributed by atoms with Crippen LogP contribution in [0.2, 0.25) is 0 Å². The molecule has 0 radical (unpaired) electrons. The molecular weight excluding hydrogens is 580 g/mol. The standard InChI is InChI=1S/C17H23BF2N3O12P3/c1-16(26)13(25)10(7-33-38(18,32)35-37(30,31)17(19,20)36(27,28)29)34-15(16)23-6-8-2-3-11(24)22-9-4-5-21-14(23)12(8)9/h4-6,10,13,15,25-26H,2-3,7,18H2,1H3,(H,22,24)(H,30,31)(H2,27,28,29)/t10-,13-,15-,16-,38?/m1/s1. The molecule has 0 aliphatic carbocycles. The predicted molar refractivity (Wildman–Crippen MR) is 127 cm³/mol. The summed E-state index contributed by atoms with van der Waals surface area (Å²) in [5, 5.41) is 19.5. The average molecular weight is 603 g/mol. The number of carbonyl (C=O) groups is 1. The van der Waals surface area contributed by atoms with Crippen molar-refractivity contribution in [1.82, 2.24) is 9.55 Å². The van der Waals surface area contributed by atoms with Crippen LogP contribution in [0.3, 0.4) is 0 Å². The van der Waals surface area contributed by atoms with Crippen LogP contribution in [0.1, 0.15) is 25.1 Å². The van der Waals surface area contributed by atoms with E-state index in [0.717, 1.165) is 0 Å². The molecular formula is C17H23BF2N3O12P3. The fourth-order valence-electron chi connectivity index (χ4n) is 4.22. The first-order chi connectivity index (χ1) is 17.3. The smallest absolute Gasteiger partial charge is 0.387 e. The van der Waals surface area contributed by atoms with Crippen LogP contribution in [0.25, 0.3) is 11.0 Å². The lowest BCUT2D eigenvalue weighted by atomic mass is 9.96. The van der Waals surface area contributed by atoms with Crippen molar-refractivity contribution in [2.24, 2.45) is 0 Å². The first-order valence-electron chi connectivity index (χ1n) is 10.8. The summed E-state index contributed by atoms with van der Waals surface area (Å²) in [7, 11) is -17.4. The highest BCUT2D eigenvalue weighted by atomic mass is 31.3. The summed E-state index contributed by atoms with van der Waals surface area (Å²) >= 11 is 0. The highest BCUT2D eigenvalue weighted by Gasteiger charge is 2.66. The highest BCUT2D eigenvalue weighted by Crippen LogP contribution is 2.77. The summed E-state index contributed by atoms with van der Waals surface area (Å²) in [6.07, 6.45) is -1.03. The zero-order valence-electron chi connectivity index (χ0n) is 19.7. The van der Waals surface area contributed by atoms with Gasteiger partial charge < -0.3 is 44.0 Å². The van der Waals surface area contributed by atoms with E-state index in [1.54, 1.807) is 12.3 Å². The maximum Gasteiger partial charge on any atom is 0.444 e. The summed E-state index contributed by atoms with van der Waals surface area (Å²) in [6.45, 7) is 0.305. The third kappa shape index (κ3) is 5.04. The second-order valence-corrected chi connectivity index (χ2v) is 15.1. The van der Waals surface area contributed by atoms with Crippen molar-refractivity contribution in [3.05, 3.63) is 24.0 Å². The van der Waals surface area contributed by atoms with Gasteiger partial charge in [-0.1, -0.05) is 0 Å². The number of nitrogens with zero attached hydrogens (tertiary/aromatic N) is 2. The summed E-state index contributed by atoms with van der Waals surface area (Å²) in [5.41, 5.74) is -0.551. The van der Waals surface area contributed by atoms with Crippen molar-refractivity contribution in [1.29, 1.82) is 0 Å². The molecule has 1 amide bonds. The zero-order chi connectivity index (χ0) is 28.5. The molecule has 1 saturated heterocycles. The van der Waals surface area contributed by atoms with Gasteiger partial charge in [0, 0.05) is 24.2 Å². The Labute approximate surface area is 213 Å². The van der Waals surface area contributed by atoms with E-state index in [1.165, 1.54) is 17.7 Å². The summed E-state index contributed by atoms with van der Waals surface area (Å²) < 4.78 is 78.5. The van der Waals surface area contributed by atoms with Gasteiger partial charge in [-0.25, -0.2) is 9.29 Å². The zero-order valence-corrected chi connectivity index (χ0v) is 22.4. The minimum absolute atomic E-state index is 0.177. The Hall–Kier alpha value is -1.55. The van der Waals surface area contributed by atoms with Crippen LogP contribution >= 0.6 is 22.7 Å². The van der Waals surface area contributed by atoms with Gasteiger partial charge in [-0.3, -0.25) is 18.5 Å². The van der Waals surface area contributed by atoms with Gasteiger partial charge >= 0.3 is 20.6 Å². The van der Waals surface area contributed by atoms with Crippen molar-refractivity contribution >= 4 is 52.9 Å². The number of aryl methyl sites for hydroxylation is 1. The maximum absolute atomic E-state index is 13.7. The van der Waals surface area contributed by atoms with Gasteiger partial charge in [-0.2, -0.15) is 8.78 Å². The third-order valence-electron chi connectivity index (χ3n) is 6.12. The quantitative estimate of drug-likeness (QED) is 0.180. The first kappa shape index (κ1) is 29.4. The van der Waals surface area contributed by atoms with Crippen LogP contribution in [0, 0.1) is 0 Å². The molecule has 210 valence electrons. The Morgan fingerprint density at radius 2 is 1.97 bits per heavy atom. The van der Waals surface area contributed by atoms with Gasteiger partial charge in [0.2, 0.25) is 5.91 Å². The van der Waals surface area contributed by atoms with Gasteiger partial charge in [-0.15, -0.1) is 0 Å². The molecule has 0 saturated carbocycles. The van der Waals surface area contributed by atoms with E-state index in [4.69, 9.17) is 19.0 Å². The monoisotopic (exact) mass is 603 g/mol. The summed E-state index contributed by atoms with van der Waals surface area (Å²) in [4.78, 5) is 43.0. The number of aliphatic hydroxyl groups is 2. The number of halogens is 2. The normalized spacial score (nSPS) is 29.5. The molecule has 0 spiro atoms. The number of alkyl halides is 2. The average Bonchev–Trinajstić information content (AvgIpc) is 3.17. The summed E-state index contributed by atoms with van der Waals surface area (Å²) in [6, 6.07) is 1.59. The van der Waals surface area contributed by atoms with Crippen molar-refractivity contribution in [2.75, 3.05) is 11.9 Å². The van der Waals surface area contributed by atoms with Gasteiger partial charge in [0.05, 0.1) is 12.3 Å². The fraction of sp³-hybridized carbons (Fsp3) is 0.529. The SMILES string of the molecule is BP(=O)(OC[C@H]1O[C@@H](n2cc3c4c(ccnc42)NC(=O)CC3)[C@](C)(O)[C@@H]1O)OP(=O)(O)C(F)(F)P(=O)(O)O. The molecule has 1 fully saturated rings. The third-order valence-corrected chi connectivity index (χ3v) is 11.7. The minimum Gasteiger partial charge on any atom is -0.387 e. The number of pyridine rings is 1. The molecule has 0 bridgehead atoms. The molecule has 4 heterocycles. The molecule has 2 aromatic heterocycles. The molecule has 38 heavy (non-hydrogen) atoms. The Kier molecular flexibility index (Phi) is 7.38. The van der Waals surface area contributed by atoms with E-state index < -0.39 is 58.7 Å². The number of aliphatic hydroxyl groups excluding tert-OH is 1. The lowest BCUT2D eigenvalue weighted by Gasteiger charge is -2.28. The lowest BCUT2D eigenvalue weighted by molar-refractivity contribution is -0.116. The molecule has 2 aliphatic rings.